The second kappa shape index (κ2) is 8.46. The van der Waals surface area contributed by atoms with E-state index < -0.39 is 0 Å². The molecule has 3 heterocycles. The van der Waals surface area contributed by atoms with Crippen LogP contribution < -0.4 is 9.64 Å². The van der Waals surface area contributed by atoms with E-state index in [1.54, 1.807) is 13.4 Å². The SMILES string of the molecule is COc1ccc(N2CCN(C(=O)c3cc4occc4n3Cc3ccc(C)cc3)CC2)cc1. The fourth-order valence-corrected chi connectivity index (χ4v) is 4.32. The van der Waals surface area contributed by atoms with E-state index in [2.05, 4.69) is 52.8 Å². The minimum absolute atomic E-state index is 0.0536. The van der Waals surface area contributed by atoms with E-state index >= 15 is 0 Å². The smallest absolute Gasteiger partial charge is 0.270 e. The normalized spacial score (nSPS) is 14.2. The van der Waals surface area contributed by atoms with E-state index in [4.69, 9.17) is 9.15 Å². The van der Waals surface area contributed by atoms with E-state index in [1.165, 1.54) is 5.56 Å². The predicted octanol–water partition coefficient (Wildman–Crippen LogP) is 4.56. The molecule has 164 valence electrons. The number of piperazine rings is 1. The highest BCUT2D eigenvalue weighted by Gasteiger charge is 2.26. The average molecular weight is 430 g/mol. The molecule has 6 heteroatoms. The van der Waals surface area contributed by atoms with Gasteiger partial charge in [-0.2, -0.15) is 0 Å². The van der Waals surface area contributed by atoms with Crippen LogP contribution in [0.15, 0.2) is 71.3 Å². The second-order valence-corrected chi connectivity index (χ2v) is 8.25. The average Bonchev–Trinajstić information content (AvgIpc) is 3.43. The van der Waals surface area contributed by atoms with Crippen LogP contribution in [-0.2, 0) is 6.54 Å². The van der Waals surface area contributed by atoms with Crippen LogP contribution in [0.2, 0.25) is 0 Å². The van der Waals surface area contributed by atoms with Crippen LogP contribution in [0.4, 0.5) is 5.69 Å². The first-order chi connectivity index (χ1) is 15.6. The van der Waals surface area contributed by atoms with Gasteiger partial charge in [0.05, 0.1) is 18.9 Å². The number of benzene rings is 2. The van der Waals surface area contributed by atoms with Crippen molar-refractivity contribution < 1.29 is 13.9 Å². The van der Waals surface area contributed by atoms with Crippen molar-refractivity contribution in [3.63, 3.8) is 0 Å². The first kappa shape index (κ1) is 20.2. The van der Waals surface area contributed by atoms with Crippen LogP contribution in [0.25, 0.3) is 11.1 Å². The Morgan fingerprint density at radius 3 is 2.38 bits per heavy atom. The molecule has 5 rings (SSSR count). The zero-order valence-corrected chi connectivity index (χ0v) is 18.5. The van der Waals surface area contributed by atoms with Gasteiger partial charge in [-0.15, -0.1) is 0 Å². The Morgan fingerprint density at radius 2 is 1.69 bits per heavy atom. The molecule has 2 aromatic heterocycles. The highest BCUT2D eigenvalue weighted by Crippen LogP contribution is 2.25. The molecule has 1 amide bonds. The molecule has 1 aliphatic heterocycles. The molecule has 1 saturated heterocycles. The molecule has 4 aromatic rings. The van der Waals surface area contributed by atoms with Crippen molar-refractivity contribution in [3.8, 4) is 5.75 Å². The number of hydrogen-bond donors (Lipinski definition) is 0. The summed E-state index contributed by atoms with van der Waals surface area (Å²) in [6.45, 7) is 5.67. The van der Waals surface area contributed by atoms with E-state index in [0.29, 0.717) is 25.3 Å². The fourth-order valence-electron chi connectivity index (χ4n) is 4.32. The van der Waals surface area contributed by atoms with Gasteiger partial charge in [-0.25, -0.2) is 0 Å². The van der Waals surface area contributed by atoms with Gasteiger partial charge in [-0.1, -0.05) is 29.8 Å². The third-order valence-electron chi connectivity index (χ3n) is 6.21. The molecule has 2 aromatic carbocycles. The van der Waals surface area contributed by atoms with Crippen molar-refractivity contribution in [1.29, 1.82) is 0 Å². The highest BCUT2D eigenvalue weighted by atomic mass is 16.5. The minimum Gasteiger partial charge on any atom is -0.497 e. The Labute approximate surface area is 187 Å². The molecule has 32 heavy (non-hydrogen) atoms. The number of anilines is 1. The van der Waals surface area contributed by atoms with E-state index in [1.807, 2.05) is 29.2 Å². The molecule has 0 unspecified atom stereocenters. The van der Waals surface area contributed by atoms with E-state index in [0.717, 1.165) is 41.2 Å². The lowest BCUT2D eigenvalue weighted by atomic mass is 10.1. The Kier molecular flexibility index (Phi) is 5.35. The van der Waals surface area contributed by atoms with Gasteiger partial charge in [0.1, 0.15) is 11.4 Å². The molecule has 0 N–H and O–H groups in total. The van der Waals surface area contributed by atoms with Crippen LogP contribution in [-0.4, -0.2) is 48.7 Å². The molecule has 0 saturated carbocycles. The topological polar surface area (TPSA) is 50.9 Å². The molecule has 6 nitrogen and oxygen atoms in total. The summed E-state index contributed by atoms with van der Waals surface area (Å²) >= 11 is 0. The minimum atomic E-state index is 0.0536. The predicted molar refractivity (Wildman–Crippen MR) is 126 cm³/mol. The van der Waals surface area contributed by atoms with E-state index in [-0.39, 0.29) is 5.91 Å². The number of nitrogens with zero attached hydrogens (tertiary/aromatic N) is 3. The summed E-state index contributed by atoms with van der Waals surface area (Å²) in [5.74, 6) is 0.902. The quantitative estimate of drug-likeness (QED) is 0.467. The molecular weight excluding hydrogens is 402 g/mol. The number of fused-ring (bicyclic) bond motifs is 1. The molecule has 0 spiro atoms. The maximum atomic E-state index is 13.5. The molecule has 0 bridgehead atoms. The third kappa shape index (κ3) is 3.84. The zero-order chi connectivity index (χ0) is 22.1. The van der Waals surface area contributed by atoms with Gasteiger partial charge in [0.25, 0.3) is 5.91 Å². The maximum Gasteiger partial charge on any atom is 0.270 e. The molecule has 1 fully saturated rings. The number of furan rings is 1. The lowest BCUT2D eigenvalue weighted by Crippen LogP contribution is -2.49. The Balaban J connectivity index is 1.33. The number of methoxy groups -OCH3 is 1. The van der Waals surface area contributed by atoms with Crippen LogP contribution >= 0.6 is 0 Å². The first-order valence-electron chi connectivity index (χ1n) is 10.9. The van der Waals surface area contributed by atoms with Crippen LogP contribution in [0, 0.1) is 6.92 Å². The summed E-state index contributed by atoms with van der Waals surface area (Å²) in [7, 11) is 1.67. The highest BCUT2D eigenvalue weighted by molar-refractivity contribution is 5.97. The number of carbonyl (C=O) groups excluding carboxylic acids is 1. The van der Waals surface area contributed by atoms with Gasteiger partial charge in [0.2, 0.25) is 0 Å². The molecule has 0 atom stereocenters. The van der Waals surface area contributed by atoms with Gasteiger partial charge >= 0.3 is 0 Å². The number of amides is 1. The number of aryl methyl sites for hydroxylation is 1. The second-order valence-electron chi connectivity index (χ2n) is 8.25. The van der Waals surface area contributed by atoms with Crippen molar-refractivity contribution in [2.75, 3.05) is 38.2 Å². The van der Waals surface area contributed by atoms with Crippen molar-refractivity contribution in [1.82, 2.24) is 9.47 Å². The Bertz CT molecular complexity index is 1210. The molecule has 0 radical (unpaired) electrons. The number of hydrogen-bond acceptors (Lipinski definition) is 4. The van der Waals surface area contributed by atoms with Gasteiger partial charge < -0.3 is 23.5 Å². The first-order valence-corrected chi connectivity index (χ1v) is 10.9. The lowest BCUT2D eigenvalue weighted by Gasteiger charge is -2.36. The standard InChI is InChI=1S/C26H27N3O3/c1-19-3-5-20(6-4-19)18-29-23-11-16-32-25(23)17-24(29)26(30)28-14-12-27(13-15-28)21-7-9-22(31-2)10-8-21/h3-11,16-17H,12-15,18H2,1-2H3. The number of aromatic nitrogens is 1. The van der Waals surface area contributed by atoms with Gasteiger partial charge in [-0.05, 0) is 36.8 Å². The van der Waals surface area contributed by atoms with Crippen molar-refractivity contribution >= 4 is 22.7 Å². The largest absolute Gasteiger partial charge is 0.497 e. The summed E-state index contributed by atoms with van der Waals surface area (Å²) in [5.41, 5.74) is 5.91. The molecule has 1 aliphatic rings. The maximum absolute atomic E-state index is 13.5. The third-order valence-corrected chi connectivity index (χ3v) is 6.21. The van der Waals surface area contributed by atoms with Gasteiger partial charge in [-0.3, -0.25) is 4.79 Å². The number of rotatable bonds is 5. The molecular formula is C26H27N3O3. The number of ether oxygens (including phenoxy) is 1. The van der Waals surface area contributed by atoms with Crippen LogP contribution in [0.5, 0.6) is 5.75 Å². The summed E-state index contributed by atoms with van der Waals surface area (Å²) < 4.78 is 12.9. The van der Waals surface area contributed by atoms with E-state index in [9.17, 15) is 4.79 Å². The van der Waals surface area contributed by atoms with Crippen molar-refractivity contribution in [2.45, 2.75) is 13.5 Å². The van der Waals surface area contributed by atoms with Crippen molar-refractivity contribution in [2.24, 2.45) is 0 Å². The van der Waals surface area contributed by atoms with Crippen LogP contribution in [0.3, 0.4) is 0 Å². The van der Waals surface area contributed by atoms with Crippen LogP contribution in [0.1, 0.15) is 21.6 Å². The summed E-state index contributed by atoms with van der Waals surface area (Å²) in [5, 5.41) is 0. The summed E-state index contributed by atoms with van der Waals surface area (Å²) in [6.07, 6.45) is 1.68. The zero-order valence-electron chi connectivity index (χ0n) is 18.5. The van der Waals surface area contributed by atoms with Gasteiger partial charge in [0.15, 0.2) is 5.58 Å². The fraction of sp³-hybridized carbons (Fsp3) is 0.269. The number of carbonyl (C=O) groups is 1. The van der Waals surface area contributed by atoms with Crippen molar-refractivity contribution in [3.05, 3.63) is 83.7 Å². The summed E-state index contributed by atoms with van der Waals surface area (Å²) in [4.78, 5) is 17.7. The van der Waals surface area contributed by atoms with Gasteiger partial charge in [0, 0.05) is 50.5 Å². The molecule has 0 aliphatic carbocycles. The lowest BCUT2D eigenvalue weighted by molar-refractivity contribution is 0.0737. The Morgan fingerprint density at radius 1 is 0.969 bits per heavy atom. The Hall–Kier alpha value is -3.67. The monoisotopic (exact) mass is 429 g/mol. The summed E-state index contributed by atoms with van der Waals surface area (Å²) in [6, 6.07) is 20.3.